The number of halogens is 4. The van der Waals surface area contributed by atoms with E-state index in [2.05, 4.69) is 22.1 Å². The summed E-state index contributed by atoms with van der Waals surface area (Å²) < 4.78 is 40.1. The van der Waals surface area contributed by atoms with Crippen LogP contribution in [0.1, 0.15) is 116 Å². The van der Waals surface area contributed by atoms with E-state index in [-0.39, 0.29) is 63.6 Å². The van der Waals surface area contributed by atoms with Crippen LogP contribution in [-0.4, -0.2) is 109 Å². The monoisotopic (exact) mass is 958 g/mol. The molecule has 0 aliphatic carbocycles. The van der Waals surface area contributed by atoms with Gasteiger partial charge in [0, 0.05) is 62.0 Å². The number of rotatable bonds is 11. The average Bonchev–Trinajstić information content (AvgIpc) is 4.07. The maximum absolute atomic E-state index is 15.2. The Bertz CT molecular complexity index is 2980. The highest BCUT2D eigenvalue weighted by Gasteiger charge is 2.57. The Kier molecular flexibility index (Phi) is 11.1. The molecule has 6 aliphatic heterocycles. The smallest absolute Gasteiger partial charge is 0.276 e. The van der Waals surface area contributed by atoms with Crippen molar-refractivity contribution in [3.63, 3.8) is 0 Å². The molecule has 2 aromatic carbocycles. The van der Waals surface area contributed by atoms with Crippen LogP contribution in [0.5, 0.6) is 11.5 Å². The first-order valence-electron chi connectivity index (χ1n) is 22.2. The van der Waals surface area contributed by atoms with E-state index in [1.54, 1.807) is 22.6 Å². The summed E-state index contributed by atoms with van der Waals surface area (Å²) in [5, 5.41) is 16.5. The Balaban J connectivity index is 1.15. The van der Waals surface area contributed by atoms with Gasteiger partial charge in [0.15, 0.2) is 22.9 Å². The Morgan fingerprint density at radius 3 is 2.15 bits per heavy atom. The fourth-order valence-corrected chi connectivity index (χ4v) is 11.8. The van der Waals surface area contributed by atoms with Crippen LogP contribution in [0, 0.1) is 11.6 Å². The van der Waals surface area contributed by atoms with Crippen molar-refractivity contribution < 1.29 is 37.8 Å². The van der Waals surface area contributed by atoms with E-state index in [1.807, 2.05) is 18.7 Å². The molecule has 2 saturated heterocycles. The Labute approximate surface area is 392 Å². The van der Waals surface area contributed by atoms with Gasteiger partial charge in [-0.2, -0.15) is 0 Å². The maximum Gasteiger partial charge on any atom is 0.276 e. The minimum absolute atomic E-state index is 0.00614. The molecule has 8 heterocycles. The molecule has 2 fully saturated rings. The van der Waals surface area contributed by atoms with Crippen molar-refractivity contribution >= 4 is 46.8 Å². The van der Waals surface area contributed by atoms with Crippen LogP contribution in [0.2, 0.25) is 10.0 Å². The van der Waals surface area contributed by atoms with Gasteiger partial charge in [0.2, 0.25) is 10.9 Å². The Morgan fingerprint density at radius 2 is 1.52 bits per heavy atom. The summed E-state index contributed by atoms with van der Waals surface area (Å²) in [6.45, 7) is 8.56. The van der Waals surface area contributed by atoms with Gasteiger partial charge in [-0.05, 0) is 45.4 Å². The number of hydrogen-bond donors (Lipinski definition) is 3. The van der Waals surface area contributed by atoms with E-state index in [1.165, 1.54) is 45.9 Å². The first-order chi connectivity index (χ1) is 32.1. The number of pyridine rings is 2. The second-order valence-electron chi connectivity index (χ2n) is 18.0. The molecule has 5 unspecified atom stereocenters. The summed E-state index contributed by atoms with van der Waals surface area (Å²) in [6.07, 6.45) is 0.434. The van der Waals surface area contributed by atoms with Gasteiger partial charge in [-0.15, -0.1) is 6.58 Å². The molecule has 10 rings (SSSR count). The molecular weight excluding hydrogens is 913 g/mol. The van der Waals surface area contributed by atoms with E-state index in [0.29, 0.717) is 31.7 Å². The number of amides is 4. The molecular formula is C47H46Cl2F2N8O8. The van der Waals surface area contributed by atoms with E-state index in [4.69, 9.17) is 27.9 Å². The fourth-order valence-electron chi connectivity index (χ4n) is 11.5. The summed E-state index contributed by atoms with van der Waals surface area (Å²) in [5.41, 5.74) is -3.47. The molecule has 0 radical (unpaired) electrons. The predicted molar refractivity (Wildman–Crippen MR) is 240 cm³/mol. The number of carbonyl (C=O) groups is 4. The van der Waals surface area contributed by atoms with E-state index in [0.717, 1.165) is 6.42 Å². The maximum atomic E-state index is 15.2. The number of benzene rings is 2. The lowest BCUT2D eigenvalue weighted by molar-refractivity contribution is 0.0339. The summed E-state index contributed by atoms with van der Waals surface area (Å²) in [4.78, 5) is 95.4. The van der Waals surface area contributed by atoms with Crippen LogP contribution < -0.4 is 26.2 Å². The molecule has 0 bridgehead atoms. The zero-order valence-corrected chi connectivity index (χ0v) is 38.2. The molecule has 3 N–H and O–H groups in total. The SMILES string of the molecule is C=C[C@H]1CN(C)C2C3CC(Oc4c5n6c(c(C(=O)NCc7cccc(Cl)c7F)c4=O)CCC6C4N(C[C@H](C)N4CCC)C5=O)c4c(C(=O)NCc5cccc(Cl)c5F)c(=O)c(O)c(n43)C(=O)N21. The van der Waals surface area contributed by atoms with Gasteiger partial charge in [0.1, 0.15) is 41.2 Å². The number of aromatic nitrogens is 2. The number of nitrogens with zero attached hydrogens (tertiary/aromatic N) is 6. The van der Waals surface area contributed by atoms with Crippen molar-refractivity contribution in [2.45, 2.75) is 95.2 Å². The van der Waals surface area contributed by atoms with E-state index in [9.17, 15) is 24.3 Å². The highest BCUT2D eigenvalue weighted by molar-refractivity contribution is 6.31. The second kappa shape index (κ2) is 16.6. The lowest BCUT2D eigenvalue weighted by Crippen LogP contribution is -2.53. The fraction of sp³-hybridized carbons (Fsp3) is 0.404. The van der Waals surface area contributed by atoms with Gasteiger partial charge in [0.25, 0.3) is 23.6 Å². The third-order valence-corrected chi connectivity index (χ3v) is 14.8. The topological polar surface area (TPSA) is 179 Å². The summed E-state index contributed by atoms with van der Waals surface area (Å²) in [5.74, 6) is -6.21. The van der Waals surface area contributed by atoms with Gasteiger partial charge in [-0.3, -0.25) is 38.6 Å². The first-order valence-corrected chi connectivity index (χ1v) is 23.0. The molecule has 4 amide bonds. The zero-order chi connectivity index (χ0) is 47.5. The second-order valence-corrected chi connectivity index (χ2v) is 18.8. The normalized spacial score (nSPS) is 24.7. The molecule has 67 heavy (non-hydrogen) atoms. The van der Waals surface area contributed by atoms with Crippen LogP contribution in [0.3, 0.4) is 0 Å². The first kappa shape index (κ1) is 44.7. The van der Waals surface area contributed by atoms with Crippen LogP contribution in [0.15, 0.2) is 58.6 Å². The molecule has 6 aliphatic rings. The van der Waals surface area contributed by atoms with Gasteiger partial charge in [0.05, 0.1) is 33.9 Å². The number of aromatic hydroxyl groups is 1. The van der Waals surface area contributed by atoms with Crippen molar-refractivity contribution in [3.05, 3.63) is 136 Å². The summed E-state index contributed by atoms with van der Waals surface area (Å²) in [6, 6.07) is 6.74. The molecule has 4 aromatic rings. The molecule has 0 saturated carbocycles. The molecule has 0 spiro atoms. The standard InChI is InChI=1S/C47H46Cl2F2N8O8/c1-5-15-55-21(3)19-56-45(55)28-14-13-27-31(42(63)52-17-22-9-7-11-25(48)33(22)50)39(61)41(37(46(56)65)58(27)28)67-30-16-29-44-54(4)20-24(6-2)57(44)47(66)36-40(62)38(60)32(35(30)59(29)36)43(64)53-18-23-10-8-12-26(49)34(23)51/h6-12,21,24,28-30,44-45,62H,2,5,13-20H2,1,3-4H3,(H,52,63)(H,53,64)/t21-,24-,28?,29?,30?,44?,45?/m0/s1. The zero-order valence-electron chi connectivity index (χ0n) is 36.7. The van der Waals surface area contributed by atoms with Gasteiger partial charge in [-0.25, -0.2) is 8.78 Å². The highest BCUT2D eigenvalue weighted by Crippen LogP contribution is 2.51. The van der Waals surface area contributed by atoms with Crippen molar-refractivity contribution in [2.24, 2.45) is 0 Å². The lowest BCUT2D eigenvalue weighted by Gasteiger charge is -2.41. The summed E-state index contributed by atoms with van der Waals surface area (Å²) >= 11 is 12.1. The number of likely N-dealkylation sites (N-methyl/N-ethyl adjacent to an activating group) is 1. The van der Waals surface area contributed by atoms with Gasteiger partial charge < -0.3 is 39.4 Å². The average molecular weight is 960 g/mol. The van der Waals surface area contributed by atoms with Crippen LogP contribution in [0.25, 0.3) is 0 Å². The number of fused-ring (bicyclic) bond motifs is 4. The Hall–Kier alpha value is -6.08. The number of carbonyl (C=O) groups excluding carboxylic acids is 4. The molecule has 7 atom stereocenters. The van der Waals surface area contributed by atoms with Crippen molar-refractivity contribution in [1.29, 1.82) is 0 Å². The van der Waals surface area contributed by atoms with Crippen LogP contribution >= 0.6 is 23.2 Å². The minimum atomic E-state index is -1.43. The lowest BCUT2D eigenvalue weighted by atomic mass is 10.0. The third-order valence-electron chi connectivity index (χ3n) is 14.2. The van der Waals surface area contributed by atoms with E-state index >= 15 is 18.4 Å². The highest BCUT2D eigenvalue weighted by atomic mass is 35.5. The van der Waals surface area contributed by atoms with Crippen LogP contribution in [-0.2, 0) is 19.5 Å². The molecule has 2 aromatic heterocycles. The third kappa shape index (κ3) is 6.65. The van der Waals surface area contributed by atoms with Crippen molar-refractivity contribution in [3.8, 4) is 11.5 Å². The predicted octanol–water partition coefficient (Wildman–Crippen LogP) is 4.89. The Morgan fingerprint density at radius 1 is 0.881 bits per heavy atom. The minimum Gasteiger partial charge on any atom is -0.503 e. The number of nitrogens with one attached hydrogen (secondary N) is 2. The summed E-state index contributed by atoms with van der Waals surface area (Å²) in [7, 11) is 1.79. The molecule has 350 valence electrons. The van der Waals surface area contributed by atoms with Crippen molar-refractivity contribution in [1.82, 2.24) is 39.4 Å². The largest absolute Gasteiger partial charge is 0.503 e. The molecule has 20 heteroatoms. The van der Waals surface area contributed by atoms with Gasteiger partial charge >= 0.3 is 0 Å². The molecule has 16 nitrogen and oxygen atoms in total. The number of hydrogen-bond acceptors (Lipinski definition) is 10. The van der Waals surface area contributed by atoms with Crippen molar-refractivity contribution in [2.75, 3.05) is 26.7 Å². The van der Waals surface area contributed by atoms with Crippen LogP contribution in [0.4, 0.5) is 8.78 Å². The quantitative estimate of drug-likeness (QED) is 0.176. The number of ether oxygens (including phenoxy) is 1. The van der Waals surface area contributed by atoms with E-state index < -0.39 is 112 Å². The van der Waals surface area contributed by atoms with Gasteiger partial charge in [-0.1, -0.05) is 60.5 Å².